The average molecular weight is 369 g/mol. The first-order valence-electron chi connectivity index (χ1n) is 8.15. The molecule has 2 aromatic rings. The minimum Gasteiger partial charge on any atom is -0.468 e. The van der Waals surface area contributed by atoms with Crippen molar-refractivity contribution in [1.29, 1.82) is 0 Å². The predicted octanol–water partition coefficient (Wildman–Crippen LogP) is 5.00. The van der Waals surface area contributed by atoms with Gasteiger partial charge in [0.1, 0.15) is 0 Å². The summed E-state index contributed by atoms with van der Waals surface area (Å²) in [6, 6.07) is 8.05. The quantitative estimate of drug-likeness (QED) is 0.730. The zero-order valence-corrected chi connectivity index (χ0v) is 16.8. The second-order valence-electron chi connectivity index (χ2n) is 6.22. The Labute approximate surface area is 153 Å². The van der Waals surface area contributed by atoms with Gasteiger partial charge in [0.25, 0.3) is 0 Å². The van der Waals surface area contributed by atoms with Gasteiger partial charge in [-0.05, 0) is 49.6 Å². The van der Waals surface area contributed by atoms with Gasteiger partial charge in [0.15, 0.2) is 0 Å². The fraction of sp³-hybridized carbons (Fsp3) is 0.526. The van der Waals surface area contributed by atoms with Crippen molar-refractivity contribution in [3.63, 3.8) is 0 Å². The minimum absolute atomic E-state index is 0.0220. The third-order valence-electron chi connectivity index (χ3n) is 4.53. The summed E-state index contributed by atoms with van der Waals surface area (Å²) >= 11 is 3.32. The average Bonchev–Trinajstić information content (AvgIpc) is 3.31. The van der Waals surface area contributed by atoms with Gasteiger partial charge in [-0.1, -0.05) is 26.0 Å². The van der Waals surface area contributed by atoms with Crippen LogP contribution in [0.5, 0.6) is 0 Å². The Morgan fingerprint density at radius 3 is 1.92 bits per heavy atom. The van der Waals surface area contributed by atoms with Crippen molar-refractivity contribution in [2.75, 3.05) is 13.7 Å². The van der Waals surface area contributed by atoms with Gasteiger partial charge in [0, 0.05) is 15.2 Å². The van der Waals surface area contributed by atoms with E-state index in [1.165, 1.54) is 12.0 Å². The number of esters is 1. The first-order valence-corrected chi connectivity index (χ1v) is 9.91. The first-order chi connectivity index (χ1) is 11.4. The summed E-state index contributed by atoms with van der Waals surface area (Å²) in [5.41, 5.74) is -0.489. The molecule has 2 aromatic heterocycles. The number of methoxy groups -OCH3 is 1. The van der Waals surface area contributed by atoms with E-state index in [2.05, 4.69) is 31.4 Å². The molecule has 0 aliphatic carbocycles. The Bertz CT molecular complexity index is 574. The molecule has 2 rings (SSSR count). The summed E-state index contributed by atoms with van der Waals surface area (Å²) < 4.78 is 4.71. The van der Waals surface area contributed by atoms with Gasteiger partial charge < -0.3 is 9.84 Å². The normalized spacial score (nSPS) is 11.6. The van der Waals surface area contributed by atoms with Crippen molar-refractivity contribution in [2.24, 2.45) is 0 Å². The molecular weight excluding hydrogens is 340 g/mol. The zero-order chi connectivity index (χ0) is 18.2. The summed E-state index contributed by atoms with van der Waals surface area (Å²) in [5, 5.41) is 13.4. The van der Waals surface area contributed by atoms with Gasteiger partial charge in [0.2, 0.25) is 0 Å². The summed E-state index contributed by atoms with van der Waals surface area (Å²) in [5.74, 6) is -0.190. The number of carbonyl (C=O) groups excluding carboxylic acids is 1. The molecule has 0 fully saturated rings. The highest BCUT2D eigenvalue weighted by atomic mass is 32.1. The SMILES string of the molecule is CCC(CC)(CO)c1cccs1.COC(=O)C(C)(C)c1cccs1. The molecule has 0 atom stereocenters. The molecule has 0 unspecified atom stereocenters. The highest BCUT2D eigenvalue weighted by Crippen LogP contribution is 2.34. The summed E-state index contributed by atoms with van der Waals surface area (Å²) in [6.45, 7) is 8.27. The lowest BCUT2D eigenvalue weighted by atomic mass is 9.82. The first kappa shape index (κ1) is 20.9. The van der Waals surface area contributed by atoms with E-state index in [1.54, 1.807) is 22.7 Å². The number of aliphatic hydroxyl groups excluding tert-OH is 1. The maximum atomic E-state index is 11.3. The molecule has 0 aromatic carbocycles. The molecule has 0 bridgehead atoms. The van der Waals surface area contributed by atoms with Crippen molar-refractivity contribution >= 4 is 28.6 Å². The smallest absolute Gasteiger partial charge is 0.316 e. The minimum atomic E-state index is -0.511. The van der Waals surface area contributed by atoms with Gasteiger partial charge in [-0.15, -0.1) is 22.7 Å². The molecule has 0 saturated heterocycles. The van der Waals surface area contributed by atoms with Gasteiger partial charge in [0.05, 0.1) is 19.1 Å². The molecule has 24 heavy (non-hydrogen) atoms. The van der Waals surface area contributed by atoms with Gasteiger partial charge in [-0.2, -0.15) is 0 Å². The topological polar surface area (TPSA) is 46.5 Å². The summed E-state index contributed by atoms with van der Waals surface area (Å²) in [6.07, 6.45) is 2.03. The molecule has 0 spiro atoms. The van der Waals surface area contributed by atoms with E-state index in [9.17, 15) is 9.90 Å². The molecule has 134 valence electrons. The van der Waals surface area contributed by atoms with E-state index in [1.807, 2.05) is 31.4 Å². The Morgan fingerprint density at radius 1 is 1.08 bits per heavy atom. The van der Waals surface area contributed by atoms with Gasteiger partial charge in [-0.3, -0.25) is 4.79 Å². The molecule has 0 radical (unpaired) electrons. The summed E-state index contributed by atoms with van der Waals surface area (Å²) in [7, 11) is 1.41. The van der Waals surface area contributed by atoms with Crippen LogP contribution in [0.15, 0.2) is 35.0 Å². The number of carbonyl (C=O) groups is 1. The molecule has 0 aliphatic rings. The zero-order valence-electron chi connectivity index (χ0n) is 15.2. The Balaban J connectivity index is 0.000000240. The van der Waals surface area contributed by atoms with Crippen molar-refractivity contribution < 1.29 is 14.6 Å². The standard InChI is InChI=1S/C10H16OS.C9H12O2S/c1-3-10(4-2,8-11)9-6-5-7-12-9;1-9(2,8(10)11-3)7-5-4-6-12-7/h5-7,11H,3-4,8H2,1-2H3;4-6H,1-3H3. The number of rotatable bonds is 6. The molecule has 2 heterocycles. The van der Waals surface area contributed by atoms with E-state index in [0.29, 0.717) is 0 Å². The van der Waals surface area contributed by atoms with E-state index >= 15 is 0 Å². The van der Waals surface area contributed by atoms with Crippen LogP contribution in [0.1, 0.15) is 50.3 Å². The van der Waals surface area contributed by atoms with E-state index in [4.69, 9.17) is 4.74 Å². The van der Waals surface area contributed by atoms with Crippen LogP contribution < -0.4 is 0 Å². The second kappa shape index (κ2) is 9.35. The van der Waals surface area contributed by atoms with Crippen LogP contribution in [0.4, 0.5) is 0 Å². The van der Waals surface area contributed by atoms with Crippen LogP contribution in [0.2, 0.25) is 0 Å². The molecule has 5 heteroatoms. The molecule has 0 amide bonds. The number of ether oxygens (including phenoxy) is 1. The molecule has 0 saturated carbocycles. The predicted molar refractivity (Wildman–Crippen MR) is 103 cm³/mol. The van der Waals surface area contributed by atoms with E-state index in [0.717, 1.165) is 17.7 Å². The lowest BCUT2D eigenvalue weighted by Gasteiger charge is -2.27. The monoisotopic (exact) mass is 368 g/mol. The highest BCUT2D eigenvalue weighted by molar-refractivity contribution is 7.10. The maximum Gasteiger partial charge on any atom is 0.316 e. The number of thiophene rings is 2. The molecular formula is C19H28O3S2. The lowest BCUT2D eigenvalue weighted by Crippen LogP contribution is -2.29. The van der Waals surface area contributed by atoms with Crippen LogP contribution in [0.3, 0.4) is 0 Å². The van der Waals surface area contributed by atoms with Gasteiger partial charge >= 0.3 is 5.97 Å². The fourth-order valence-electron chi connectivity index (χ4n) is 2.47. The third kappa shape index (κ3) is 4.68. The fourth-order valence-corrected chi connectivity index (χ4v) is 4.37. The van der Waals surface area contributed by atoms with Crippen LogP contribution in [0, 0.1) is 0 Å². The second-order valence-corrected chi connectivity index (χ2v) is 8.11. The van der Waals surface area contributed by atoms with E-state index in [-0.39, 0.29) is 18.0 Å². The van der Waals surface area contributed by atoms with Crippen LogP contribution in [-0.4, -0.2) is 24.8 Å². The van der Waals surface area contributed by atoms with Crippen molar-refractivity contribution in [1.82, 2.24) is 0 Å². The lowest BCUT2D eigenvalue weighted by molar-refractivity contribution is -0.146. The Morgan fingerprint density at radius 2 is 1.58 bits per heavy atom. The number of aliphatic hydroxyl groups is 1. The van der Waals surface area contributed by atoms with Crippen LogP contribution >= 0.6 is 22.7 Å². The highest BCUT2D eigenvalue weighted by Gasteiger charge is 2.31. The largest absolute Gasteiger partial charge is 0.468 e. The number of hydrogen-bond acceptors (Lipinski definition) is 5. The Hall–Kier alpha value is -1.17. The van der Waals surface area contributed by atoms with Crippen molar-refractivity contribution in [3.8, 4) is 0 Å². The van der Waals surface area contributed by atoms with Crippen LogP contribution in [-0.2, 0) is 20.4 Å². The Kier molecular flexibility index (Phi) is 8.13. The van der Waals surface area contributed by atoms with Crippen molar-refractivity contribution in [2.45, 2.75) is 51.4 Å². The number of hydrogen-bond donors (Lipinski definition) is 1. The molecule has 1 N–H and O–H groups in total. The van der Waals surface area contributed by atoms with Gasteiger partial charge in [-0.25, -0.2) is 0 Å². The third-order valence-corrected chi connectivity index (χ3v) is 6.84. The maximum absolute atomic E-state index is 11.3. The van der Waals surface area contributed by atoms with Crippen LogP contribution in [0.25, 0.3) is 0 Å². The molecule has 0 aliphatic heterocycles. The van der Waals surface area contributed by atoms with E-state index < -0.39 is 5.41 Å². The summed E-state index contributed by atoms with van der Waals surface area (Å²) in [4.78, 5) is 13.7. The van der Waals surface area contributed by atoms with Crippen molar-refractivity contribution in [3.05, 3.63) is 44.8 Å². The molecule has 3 nitrogen and oxygen atoms in total.